The highest BCUT2D eigenvalue weighted by Gasteiger charge is 2.16. The summed E-state index contributed by atoms with van der Waals surface area (Å²) >= 11 is 6.24. The predicted octanol–water partition coefficient (Wildman–Crippen LogP) is 4.16. The molecule has 0 fully saturated rings. The molecule has 1 heterocycles. The number of aromatic nitrogens is 2. The van der Waals surface area contributed by atoms with Crippen molar-refractivity contribution >= 4 is 34.7 Å². The molecule has 34 heavy (non-hydrogen) atoms. The first-order chi connectivity index (χ1) is 16.5. The number of benzene rings is 3. The molecule has 4 rings (SSSR count). The molecule has 0 spiro atoms. The van der Waals surface area contributed by atoms with Crippen LogP contribution in [0.1, 0.15) is 5.56 Å². The van der Waals surface area contributed by atoms with E-state index in [0.29, 0.717) is 38.6 Å². The van der Waals surface area contributed by atoms with Crippen molar-refractivity contribution in [3.63, 3.8) is 0 Å². The lowest BCUT2D eigenvalue weighted by Crippen LogP contribution is -2.20. The third kappa shape index (κ3) is 4.77. The van der Waals surface area contributed by atoms with Gasteiger partial charge in [0.15, 0.2) is 23.9 Å². The van der Waals surface area contributed by atoms with Crippen LogP contribution in [0.25, 0.3) is 22.3 Å². The number of hydrogen-bond donors (Lipinski definition) is 0. The van der Waals surface area contributed by atoms with Gasteiger partial charge in [0.1, 0.15) is 0 Å². The van der Waals surface area contributed by atoms with Gasteiger partial charge >= 0.3 is 5.97 Å². The molecule has 0 aliphatic carbocycles. The van der Waals surface area contributed by atoms with Crippen molar-refractivity contribution in [1.29, 1.82) is 0 Å². The van der Waals surface area contributed by atoms with Gasteiger partial charge in [-0.15, -0.1) is 0 Å². The predicted molar refractivity (Wildman–Crippen MR) is 130 cm³/mol. The fraction of sp³-hybridized carbons (Fsp3) is 0.120. The molecule has 0 saturated carbocycles. The van der Waals surface area contributed by atoms with E-state index in [2.05, 4.69) is 14.8 Å². The normalized spacial score (nSPS) is 11.0. The zero-order chi connectivity index (χ0) is 24.1. The average Bonchev–Trinajstić information content (AvgIpc) is 2.87. The van der Waals surface area contributed by atoms with Gasteiger partial charge in [-0.25, -0.2) is 9.78 Å². The van der Waals surface area contributed by atoms with Crippen LogP contribution in [-0.2, 0) is 9.53 Å². The highest BCUT2D eigenvalue weighted by Crippen LogP contribution is 2.34. The molecule has 4 aromatic rings. The Morgan fingerprint density at radius 1 is 1.09 bits per heavy atom. The SMILES string of the molecule is COC(=O)COc1c(C=Nn2c(-c3ccccc3)nc3ccccc3c2=O)cc(Cl)cc1OC. The molecule has 8 nitrogen and oxygen atoms in total. The maximum absolute atomic E-state index is 13.3. The zero-order valence-electron chi connectivity index (χ0n) is 18.4. The minimum Gasteiger partial charge on any atom is -0.493 e. The van der Waals surface area contributed by atoms with Gasteiger partial charge in [-0.2, -0.15) is 9.78 Å². The Hall–Kier alpha value is -4.17. The lowest BCUT2D eigenvalue weighted by atomic mass is 10.2. The minimum atomic E-state index is -0.568. The van der Waals surface area contributed by atoms with Crippen molar-refractivity contribution in [2.45, 2.75) is 0 Å². The van der Waals surface area contributed by atoms with E-state index in [0.717, 1.165) is 0 Å². The Morgan fingerprint density at radius 3 is 2.56 bits per heavy atom. The summed E-state index contributed by atoms with van der Waals surface area (Å²) in [5.74, 6) is 0.321. The molecule has 0 radical (unpaired) electrons. The first-order valence-corrected chi connectivity index (χ1v) is 10.6. The lowest BCUT2D eigenvalue weighted by molar-refractivity contribution is -0.142. The number of rotatable bonds is 7. The Bertz CT molecular complexity index is 1430. The van der Waals surface area contributed by atoms with Crippen LogP contribution in [0.5, 0.6) is 11.5 Å². The van der Waals surface area contributed by atoms with Crippen molar-refractivity contribution in [3.8, 4) is 22.9 Å². The van der Waals surface area contributed by atoms with Crippen molar-refractivity contribution < 1.29 is 19.0 Å². The van der Waals surface area contributed by atoms with Crippen LogP contribution in [0.3, 0.4) is 0 Å². The maximum atomic E-state index is 13.3. The summed E-state index contributed by atoms with van der Waals surface area (Å²) in [6, 6.07) is 19.5. The zero-order valence-corrected chi connectivity index (χ0v) is 19.2. The Balaban J connectivity index is 1.87. The number of nitrogens with zero attached hydrogens (tertiary/aromatic N) is 3. The summed E-state index contributed by atoms with van der Waals surface area (Å²) in [5, 5.41) is 5.21. The van der Waals surface area contributed by atoms with E-state index in [1.807, 2.05) is 36.4 Å². The highest BCUT2D eigenvalue weighted by molar-refractivity contribution is 6.31. The summed E-state index contributed by atoms with van der Waals surface area (Å²) in [6.07, 6.45) is 1.41. The van der Waals surface area contributed by atoms with Crippen molar-refractivity contribution in [2.75, 3.05) is 20.8 Å². The van der Waals surface area contributed by atoms with Crippen LogP contribution in [0.2, 0.25) is 5.02 Å². The third-order valence-corrected chi connectivity index (χ3v) is 5.15. The van der Waals surface area contributed by atoms with Gasteiger partial charge in [0, 0.05) is 22.2 Å². The van der Waals surface area contributed by atoms with E-state index in [-0.39, 0.29) is 17.9 Å². The van der Waals surface area contributed by atoms with E-state index in [4.69, 9.17) is 21.1 Å². The fourth-order valence-electron chi connectivity index (χ4n) is 3.31. The second-order valence-corrected chi connectivity index (χ2v) is 7.51. The molecule has 0 aliphatic rings. The number of carbonyl (C=O) groups excluding carboxylic acids is 1. The topological polar surface area (TPSA) is 92.0 Å². The number of carbonyl (C=O) groups is 1. The Labute approximate surface area is 200 Å². The first kappa shape index (κ1) is 23.0. The van der Waals surface area contributed by atoms with Gasteiger partial charge in [-0.3, -0.25) is 4.79 Å². The summed E-state index contributed by atoms with van der Waals surface area (Å²) in [7, 11) is 2.71. The average molecular weight is 478 g/mol. The van der Waals surface area contributed by atoms with Crippen molar-refractivity contribution in [1.82, 2.24) is 9.66 Å². The van der Waals surface area contributed by atoms with E-state index >= 15 is 0 Å². The molecular formula is C25H20ClN3O5. The van der Waals surface area contributed by atoms with Crippen LogP contribution >= 0.6 is 11.6 Å². The summed E-state index contributed by atoms with van der Waals surface area (Å²) < 4.78 is 16.8. The van der Waals surface area contributed by atoms with Crippen molar-refractivity contribution in [2.24, 2.45) is 5.10 Å². The van der Waals surface area contributed by atoms with Crippen LogP contribution in [0.15, 0.2) is 76.6 Å². The van der Waals surface area contributed by atoms with Crippen LogP contribution in [0.4, 0.5) is 0 Å². The van der Waals surface area contributed by atoms with E-state index in [9.17, 15) is 9.59 Å². The second-order valence-electron chi connectivity index (χ2n) is 7.07. The number of methoxy groups -OCH3 is 2. The molecular weight excluding hydrogens is 458 g/mol. The van der Waals surface area contributed by atoms with Crippen LogP contribution in [-0.4, -0.2) is 42.7 Å². The van der Waals surface area contributed by atoms with Crippen LogP contribution in [0, 0.1) is 0 Å². The molecule has 0 atom stereocenters. The molecule has 0 bridgehead atoms. The molecule has 0 unspecified atom stereocenters. The third-order valence-electron chi connectivity index (χ3n) is 4.93. The van der Waals surface area contributed by atoms with Crippen LogP contribution < -0.4 is 15.0 Å². The van der Waals surface area contributed by atoms with Gasteiger partial charge in [0.2, 0.25) is 0 Å². The number of fused-ring (bicyclic) bond motifs is 1. The highest BCUT2D eigenvalue weighted by atomic mass is 35.5. The molecule has 0 aliphatic heterocycles. The summed E-state index contributed by atoms with van der Waals surface area (Å²) in [4.78, 5) is 29.6. The van der Waals surface area contributed by atoms with Gasteiger partial charge in [-0.1, -0.05) is 54.1 Å². The van der Waals surface area contributed by atoms with Gasteiger partial charge in [0.05, 0.1) is 31.3 Å². The summed E-state index contributed by atoms with van der Waals surface area (Å²) in [5.41, 5.74) is 1.33. The smallest absolute Gasteiger partial charge is 0.343 e. The van der Waals surface area contributed by atoms with Gasteiger partial charge in [0.25, 0.3) is 5.56 Å². The summed E-state index contributed by atoms with van der Waals surface area (Å²) in [6.45, 7) is -0.345. The largest absolute Gasteiger partial charge is 0.493 e. The maximum Gasteiger partial charge on any atom is 0.343 e. The van der Waals surface area contributed by atoms with E-state index < -0.39 is 5.97 Å². The Kier molecular flexibility index (Phi) is 6.89. The first-order valence-electron chi connectivity index (χ1n) is 10.2. The number of ether oxygens (including phenoxy) is 3. The number of para-hydroxylation sites is 1. The molecule has 0 amide bonds. The molecule has 0 N–H and O–H groups in total. The number of hydrogen-bond acceptors (Lipinski definition) is 7. The second kappa shape index (κ2) is 10.2. The Morgan fingerprint density at radius 2 is 1.82 bits per heavy atom. The number of halogens is 1. The van der Waals surface area contributed by atoms with Gasteiger partial charge in [-0.05, 0) is 18.2 Å². The molecule has 0 saturated heterocycles. The number of esters is 1. The molecule has 3 aromatic carbocycles. The van der Waals surface area contributed by atoms with Gasteiger partial charge < -0.3 is 14.2 Å². The molecule has 1 aromatic heterocycles. The molecule has 9 heteroatoms. The van der Waals surface area contributed by atoms with E-state index in [1.54, 1.807) is 30.3 Å². The minimum absolute atomic E-state index is 0.226. The molecule has 172 valence electrons. The lowest BCUT2D eigenvalue weighted by Gasteiger charge is -2.13. The monoisotopic (exact) mass is 477 g/mol. The van der Waals surface area contributed by atoms with Crippen molar-refractivity contribution in [3.05, 3.63) is 87.7 Å². The van der Waals surface area contributed by atoms with E-state index in [1.165, 1.54) is 25.1 Å². The quantitative estimate of drug-likeness (QED) is 0.293. The standard InChI is InChI=1S/C25H20ClN3O5/c1-32-21-13-18(26)12-17(23(21)34-15-22(30)33-2)14-27-29-24(16-8-4-3-5-9-16)28-20-11-7-6-10-19(20)25(29)31/h3-14H,15H2,1-2H3. The fourth-order valence-corrected chi connectivity index (χ4v) is 3.52.